The van der Waals surface area contributed by atoms with Crippen LogP contribution in [0.5, 0.6) is 0 Å². The molecule has 92 valence electrons. The summed E-state index contributed by atoms with van der Waals surface area (Å²) in [4.78, 5) is 12.1. The number of hydrogen-bond acceptors (Lipinski definition) is 1. The van der Waals surface area contributed by atoms with Gasteiger partial charge in [0.1, 0.15) is 0 Å². The molecule has 2 aromatic rings. The molecule has 0 spiro atoms. The van der Waals surface area contributed by atoms with Crippen LogP contribution < -0.4 is 5.32 Å². The molecule has 0 saturated heterocycles. The van der Waals surface area contributed by atoms with Crippen molar-refractivity contribution in [3.05, 3.63) is 63.1 Å². The average molecular weight is 325 g/mol. The van der Waals surface area contributed by atoms with E-state index in [1.807, 2.05) is 37.3 Å². The van der Waals surface area contributed by atoms with Gasteiger partial charge in [-0.1, -0.05) is 23.7 Å². The Labute approximate surface area is 119 Å². The maximum Gasteiger partial charge on any atom is 0.255 e. The second-order valence-electron chi connectivity index (χ2n) is 3.95. The molecule has 0 heterocycles. The van der Waals surface area contributed by atoms with Gasteiger partial charge in [0.2, 0.25) is 0 Å². The van der Waals surface area contributed by atoms with Gasteiger partial charge in [-0.3, -0.25) is 4.79 Å². The van der Waals surface area contributed by atoms with Crippen molar-refractivity contribution in [1.82, 2.24) is 0 Å². The van der Waals surface area contributed by atoms with E-state index in [1.165, 1.54) is 0 Å². The number of anilines is 1. The summed E-state index contributed by atoms with van der Waals surface area (Å²) in [6, 6.07) is 12.7. The fourth-order valence-corrected chi connectivity index (χ4v) is 2.30. The molecule has 0 aliphatic carbocycles. The molecular weight excluding hydrogens is 314 g/mol. The van der Waals surface area contributed by atoms with E-state index in [0.29, 0.717) is 10.6 Å². The summed E-state index contributed by atoms with van der Waals surface area (Å²) >= 11 is 9.32. The van der Waals surface area contributed by atoms with Crippen LogP contribution in [0.15, 0.2) is 46.9 Å². The van der Waals surface area contributed by atoms with Gasteiger partial charge < -0.3 is 5.32 Å². The molecule has 1 amide bonds. The molecule has 1 N–H and O–H groups in total. The summed E-state index contributed by atoms with van der Waals surface area (Å²) in [7, 11) is 0. The zero-order valence-electron chi connectivity index (χ0n) is 9.71. The van der Waals surface area contributed by atoms with Gasteiger partial charge in [-0.2, -0.15) is 0 Å². The van der Waals surface area contributed by atoms with E-state index in [2.05, 4.69) is 21.2 Å². The third-order valence-electron chi connectivity index (χ3n) is 2.43. The first kappa shape index (κ1) is 13.1. The lowest BCUT2D eigenvalue weighted by Crippen LogP contribution is -2.12. The van der Waals surface area contributed by atoms with Gasteiger partial charge in [0.15, 0.2) is 0 Å². The van der Waals surface area contributed by atoms with Crippen LogP contribution in [0.4, 0.5) is 5.69 Å². The van der Waals surface area contributed by atoms with E-state index in [9.17, 15) is 4.79 Å². The molecule has 18 heavy (non-hydrogen) atoms. The Kier molecular flexibility index (Phi) is 4.04. The number of benzene rings is 2. The highest BCUT2D eigenvalue weighted by Crippen LogP contribution is 2.22. The Morgan fingerprint density at radius 1 is 1.22 bits per heavy atom. The fourth-order valence-electron chi connectivity index (χ4n) is 1.62. The largest absolute Gasteiger partial charge is 0.321 e. The van der Waals surface area contributed by atoms with Gasteiger partial charge in [-0.05, 0) is 58.7 Å². The van der Waals surface area contributed by atoms with E-state index < -0.39 is 0 Å². The molecule has 0 bridgehead atoms. The predicted molar refractivity (Wildman–Crippen MR) is 78.3 cm³/mol. The van der Waals surface area contributed by atoms with Crippen molar-refractivity contribution in [1.29, 1.82) is 0 Å². The van der Waals surface area contributed by atoms with Crippen molar-refractivity contribution < 1.29 is 4.79 Å². The molecule has 0 saturated carbocycles. The molecule has 0 atom stereocenters. The fraction of sp³-hybridized carbons (Fsp3) is 0.0714. The minimum Gasteiger partial charge on any atom is -0.321 e. The zero-order chi connectivity index (χ0) is 13.1. The van der Waals surface area contributed by atoms with Crippen LogP contribution in [0.2, 0.25) is 5.02 Å². The van der Waals surface area contributed by atoms with Crippen molar-refractivity contribution in [2.24, 2.45) is 0 Å². The van der Waals surface area contributed by atoms with Gasteiger partial charge in [-0.15, -0.1) is 0 Å². The Hall–Kier alpha value is -1.32. The molecule has 2 aromatic carbocycles. The first-order valence-electron chi connectivity index (χ1n) is 5.39. The van der Waals surface area contributed by atoms with Gasteiger partial charge in [0.25, 0.3) is 5.91 Å². The molecule has 0 fully saturated rings. The van der Waals surface area contributed by atoms with E-state index in [1.54, 1.807) is 12.1 Å². The summed E-state index contributed by atoms with van der Waals surface area (Å²) in [6.07, 6.45) is 0. The van der Waals surface area contributed by atoms with Crippen molar-refractivity contribution in [3.63, 3.8) is 0 Å². The Morgan fingerprint density at radius 2 is 1.94 bits per heavy atom. The number of nitrogens with one attached hydrogen (secondary N) is 1. The van der Waals surface area contributed by atoms with Crippen LogP contribution in [0, 0.1) is 6.92 Å². The number of amides is 1. The SMILES string of the molecule is Cc1cc(Cl)cc(C(=O)Nc2ccccc2Br)c1. The lowest BCUT2D eigenvalue weighted by molar-refractivity contribution is 0.102. The van der Waals surface area contributed by atoms with E-state index in [4.69, 9.17) is 11.6 Å². The minimum atomic E-state index is -0.174. The number of aryl methyl sites for hydroxylation is 1. The Balaban J connectivity index is 2.25. The van der Waals surface area contributed by atoms with Crippen LogP contribution >= 0.6 is 27.5 Å². The van der Waals surface area contributed by atoms with Gasteiger partial charge >= 0.3 is 0 Å². The summed E-state index contributed by atoms with van der Waals surface area (Å²) in [5.41, 5.74) is 2.25. The normalized spacial score (nSPS) is 10.2. The molecule has 2 nitrogen and oxygen atoms in total. The van der Waals surface area contributed by atoms with Crippen LogP contribution in [0.3, 0.4) is 0 Å². The second-order valence-corrected chi connectivity index (χ2v) is 5.24. The highest BCUT2D eigenvalue weighted by molar-refractivity contribution is 9.10. The van der Waals surface area contributed by atoms with Gasteiger partial charge in [0.05, 0.1) is 5.69 Å². The summed E-state index contributed by atoms with van der Waals surface area (Å²) in [6.45, 7) is 1.90. The number of hydrogen-bond donors (Lipinski definition) is 1. The van der Waals surface area contributed by atoms with E-state index in [-0.39, 0.29) is 5.91 Å². The van der Waals surface area contributed by atoms with Crippen LogP contribution in [0.1, 0.15) is 15.9 Å². The highest BCUT2D eigenvalue weighted by Gasteiger charge is 2.09. The van der Waals surface area contributed by atoms with E-state index in [0.717, 1.165) is 15.7 Å². The lowest BCUT2D eigenvalue weighted by atomic mass is 10.1. The second kappa shape index (κ2) is 5.55. The minimum absolute atomic E-state index is 0.174. The maximum absolute atomic E-state index is 12.1. The molecule has 4 heteroatoms. The highest BCUT2D eigenvalue weighted by atomic mass is 79.9. The monoisotopic (exact) mass is 323 g/mol. The molecule has 0 aromatic heterocycles. The maximum atomic E-state index is 12.1. The number of para-hydroxylation sites is 1. The zero-order valence-corrected chi connectivity index (χ0v) is 12.0. The summed E-state index contributed by atoms with van der Waals surface area (Å²) < 4.78 is 0.845. The van der Waals surface area contributed by atoms with Crippen LogP contribution in [-0.2, 0) is 0 Å². The topological polar surface area (TPSA) is 29.1 Å². The Morgan fingerprint density at radius 3 is 2.61 bits per heavy atom. The third-order valence-corrected chi connectivity index (χ3v) is 3.34. The molecule has 0 aliphatic heterocycles. The first-order valence-corrected chi connectivity index (χ1v) is 6.56. The summed E-state index contributed by atoms with van der Waals surface area (Å²) in [5.74, 6) is -0.174. The van der Waals surface area contributed by atoms with Crippen LogP contribution in [-0.4, -0.2) is 5.91 Å². The van der Waals surface area contributed by atoms with E-state index >= 15 is 0 Å². The number of halogens is 2. The Bertz CT molecular complexity index is 578. The smallest absolute Gasteiger partial charge is 0.255 e. The van der Waals surface area contributed by atoms with Crippen molar-refractivity contribution in [2.45, 2.75) is 6.92 Å². The standard InChI is InChI=1S/C14H11BrClNO/c1-9-6-10(8-11(16)7-9)14(18)17-13-5-3-2-4-12(13)15/h2-8H,1H3,(H,17,18). The van der Waals surface area contributed by atoms with Gasteiger partial charge in [-0.25, -0.2) is 0 Å². The molecular formula is C14H11BrClNO. The summed E-state index contributed by atoms with van der Waals surface area (Å²) in [5, 5.41) is 3.40. The third kappa shape index (κ3) is 3.12. The number of carbonyl (C=O) groups excluding carboxylic acids is 1. The molecule has 0 aliphatic rings. The van der Waals surface area contributed by atoms with Crippen molar-refractivity contribution in [2.75, 3.05) is 5.32 Å². The van der Waals surface area contributed by atoms with Crippen molar-refractivity contribution in [3.8, 4) is 0 Å². The molecule has 0 unspecified atom stereocenters. The van der Waals surface area contributed by atoms with Crippen molar-refractivity contribution >= 4 is 39.1 Å². The van der Waals surface area contributed by atoms with Crippen LogP contribution in [0.25, 0.3) is 0 Å². The molecule has 2 rings (SSSR count). The first-order chi connectivity index (χ1) is 8.56. The predicted octanol–water partition coefficient (Wildman–Crippen LogP) is 4.66. The molecule has 0 radical (unpaired) electrons. The lowest BCUT2D eigenvalue weighted by Gasteiger charge is -2.08. The number of rotatable bonds is 2. The van der Waals surface area contributed by atoms with Gasteiger partial charge in [0, 0.05) is 15.1 Å². The average Bonchev–Trinajstić information content (AvgIpc) is 2.31. The number of carbonyl (C=O) groups is 1. The quantitative estimate of drug-likeness (QED) is 0.855.